The number of amides is 2. The number of anilines is 1. The summed E-state index contributed by atoms with van der Waals surface area (Å²) < 4.78 is 0. The van der Waals surface area contributed by atoms with E-state index in [9.17, 15) is 9.59 Å². The van der Waals surface area contributed by atoms with Crippen molar-refractivity contribution in [2.24, 2.45) is 0 Å². The molecule has 4 aromatic rings. The molecule has 140 valence electrons. The van der Waals surface area contributed by atoms with Gasteiger partial charge in [0.15, 0.2) is 0 Å². The van der Waals surface area contributed by atoms with Crippen molar-refractivity contribution in [1.29, 1.82) is 0 Å². The zero-order valence-corrected chi connectivity index (χ0v) is 15.8. The summed E-state index contributed by atoms with van der Waals surface area (Å²) in [5.74, 6) is 0.526. The van der Waals surface area contributed by atoms with E-state index in [1.54, 1.807) is 30.3 Å². The molecule has 0 atom stereocenters. The van der Waals surface area contributed by atoms with Crippen molar-refractivity contribution in [1.82, 2.24) is 15.3 Å². The van der Waals surface area contributed by atoms with E-state index in [1.807, 2.05) is 35.7 Å². The fourth-order valence-electron chi connectivity index (χ4n) is 2.83. The number of thiophene rings is 1. The van der Waals surface area contributed by atoms with Gasteiger partial charge in [-0.05, 0) is 47.8 Å². The van der Waals surface area contributed by atoms with Crippen LogP contribution in [0.4, 0.5) is 5.69 Å². The van der Waals surface area contributed by atoms with E-state index < -0.39 is 0 Å². The number of hydrogen-bond donors (Lipinski definition) is 3. The average Bonchev–Trinajstić information content (AvgIpc) is 3.38. The number of fused-ring (bicyclic) bond motifs is 1. The van der Waals surface area contributed by atoms with Gasteiger partial charge in [-0.2, -0.15) is 0 Å². The minimum atomic E-state index is -0.160. The van der Waals surface area contributed by atoms with Crippen LogP contribution in [-0.4, -0.2) is 28.3 Å². The number of nitrogens with one attached hydrogen (secondary N) is 3. The molecule has 0 fully saturated rings. The number of H-pyrrole nitrogens is 1. The van der Waals surface area contributed by atoms with E-state index in [2.05, 4.69) is 20.6 Å². The lowest BCUT2D eigenvalue weighted by atomic mass is 10.2. The Bertz CT molecular complexity index is 1070. The molecular formula is C21H18N4O2S. The third-order valence-corrected chi connectivity index (χ3v) is 5.10. The second kappa shape index (κ2) is 8.06. The Labute approximate surface area is 165 Å². The van der Waals surface area contributed by atoms with E-state index in [0.29, 0.717) is 29.1 Å². The fraction of sp³-hybridized carbons (Fsp3) is 0.0952. The van der Waals surface area contributed by atoms with Gasteiger partial charge in [-0.3, -0.25) is 9.59 Å². The summed E-state index contributed by atoms with van der Waals surface area (Å²) in [6.45, 7) is 0.482. The average molecular weight is 390 g/mol. The van der Waals surface area contributed by atoms with Crippen molar-refractivity contribution >= 4 is 39.9 Å². The Hall–Kier alpha value is -3.45. The predicted molar refractivity (Wildman–Crippen MR) is 111 cm³/mol. The summed E-state index contributed by atoms with van der Waals surface area (Å²) in [7, 11) is 0. The molecule has 4 rings (SSSR count). The second-order valence-electron chi connectivity index (χ2n) is 6.22. The van der Waals surface area contributed by atoms with Crippen molar-refractivity contribution in [2.75, 3.05) is 11.9 Å². The largest absolute Gasteiger partial charge is 0.352 e. The summed E-state index contributed by atoms with van der Waals surface area (Å²) in [5.41, 5.74) is 3.10. The first kappa shape index (κ1) is 17.9. The minimum Gasteiger partial charge on any atom is -0.352 e. The fourth-order valence-corrected chi connectivity index (χ4v) is 3.44. The second-order valence-corrected chi connectivity index (χ2v) is 7.16. The Morgan fingerprint density at radius 1 is 0.964 bits per heavy atom. The highest BCUT2D eigenvalue weighted by Crippen LogP contribution is 2.14. The van der Waals surface area contributed by atoms with Crippen LogP contribution < -0.4 is 10.6 Å². The first-order chi connectivity index (χ1) is 13.7. The highest BCUT2D eigenvalue weighted by Gasteiger charge is 2.09. The molecular weight excluding hydrogens is 372 g/mol. The first-order valence-electron chi connectivity index (χ1n) is 8.86. The summed E-state index contributed by atoms with van der Waals surface area (Å²) in [5, 5.41) is 7.56. The lowest BCUT2D eigenvalue weighted by molar-refractivity contribution is 0.0953. The standard InChI is InChI=1S/C21H18N4O2S/c26-20(22-12-11-19-24-16-4-1-2-5-17(16)25-19)14-7-9-15(10-8-14)23-21(27)18-6-3-13-28-18/h1-10,13H,11-12H2,(H,22,26)(H,23,27)(H,24,25). The molecule has 0 spiro atoms. The van der Waals surface area contributed by atoms with Crippen LogP contribution in [0.2, 0.25) is 0 Å². The maximum Gasteiger partial charge on any atom is 0.265 e. The molecule has 7 heteroatoms. The van der Waals surface area contributed by atoms with Crippen LogP contribution in [0, 0.1) is 0 Å². The molecule has 0 saturated heterocycles. The molecule has 2 aromatic carbocycles. The number of nitrogens with zero attached hydrogens (tertiary/aromatic N) is 1. The topological polar surface area (TPSA) is 86.9 Å². The molecule has 28 heavy (non-hydrogen) atoms. The number of aromatic nitrogens is 2. The predicted octanol–water partition coefficient (Wildman–Crippen LogP) is 3.85. The third-order valence-electron chi connectivity index (χ3n) is 4.24. The molecule has 2 amide bonds. The van der Waals surface area contributed by atoms with E-state index >= 15 is 0 Å². The van der Waals surface area contributed by atoms with Crippen LogP contribution in [0.15, 0.2) is 66.0 Å². The number of imidazole rings is 1. The van der Waals surface area contributed by atoms with Gasteiger partial charge in [0.1, 0.15) is 5.82 Å². The van der Waals surface area contributed by atoms with Crippen LogP contribution in [0.5, 0.6) is 0 Å². The highest BCUT2D eigenvalue weighted by atomic mass is 32.1. The van der Waals surface area contributed by atoms with E-state index in [4.69, 9.17) is 0 Å². The van der Waals surface area contributed by atoms with Crippen molar-refractivity contribution < 1.29 is 9.59 Å². The summed E-state index contributed by atoms with van der Waals surface area (Å²) in [6, 6.07) is 18.3. The number of aromatic amines is 1. The number of carbonyl (C=O) groups excluding carboxylic acids is 2. The Balaban J connectivity index is 1.30. The minimum absolute atomic E-state index is 0.155. The maximum atomic E-state index is 12.3. The number of para-hydroxylation sites is 2. The van der Waals surface area contributed by atoms with Crippen LogP contribution in [0.1, 0.15) is 25.9 Å². The third kappa shape index (κ3) is 4.10. The lowest BCUT2D eigenvalue weighted by Gasteiger charge is -2.06. The lowest BCUT2D eigenvalue weighted by Crippen LogP contribution is -2.25. The SMILES string of the molecule is O=C(NCCc1nc2ccccc2[nH]1)c1ccc(NC(=O)c2cccs2)cc1. The Morgan fingerprint density at radius 3 is 2.54 bits per heavy atom. The van der Waals surface area contributed by atoms with Gasteiger partial charge in [0, 0.05) is 24.2 Å². The van der Waals surface area contributed by atoms with Gasteiger partial charge >= 0.3 is 0 Å². The Kier molecular flexibility index (Phi) is 5.16. The zero-order chi connectivity index (χ0) is 19.3. The first-order valence-corrected chi connectivity index (χ1v) is 9.74. The smallest absolute Gasteiger partial charge is 0.265 e. The number of hydrogen-bond acceptors (Lipinski definition) is 4. The highest BCUT2D eigenvalue weighted by molar-refractivity contribution is 7.12. The molecule has 3 N–H and O–H groups in total. The van der Waals surface area contributed by atoms with Gasteiger partial charge in [-0.25, -0.2) is 4.98 Å². The van der Waals surface area contributed by atoms with E-state index in [1.165, 1.54) is 11.3 Å². The van der Waals surface area contributed by atoms with Crippen LogP contribution in [-0.2, 0) is 6.42 Å². The van der Waals surface area contributed by atoms with Crippen LogP contribution >= 0.6 is 11.3 Å². The number of benzene rings is 2. The van der Waals surface area contributed by atoms with Gasteiger partial charge in [0.2, 0.25) is 0 Å². The van der Waals surface area contributed by atoms with Crippen molar-refractivity contribution in [3.05, 3.63) is 82.3 Å². The van der Waals surface area contributed by atoms with Gasteiger partial charge in [-0.15, -0.1) is 11.3 Å². The maximum absolute atomic E-state index is 12.3. The summed E-state index contributed by atoms with van der Waals surface area (Å²) in [4.78, 5) is 32.7. The molecule has 0 unspecified atom stereocenters. The molecule has 0 bridgehead atoms. The van der Waals surface area contributed by atoms with Gasteiger partial charge in [-0.1, -0.05) is 18.2 Å². The zero-order valence-electron chi connectivity index (χ0n) is 14.9. The summed E-state index contributed by atoms with van der Waals surface area (Å²) >= 11 is 1.38. The molecule has 2 aromatic heterocycles. The molecule has 6 nitrogen and oxygen atoms in total. The van der Waals surface area contributed by atoms with Gasteiger partial charge in [0.05, 0.1) is 15.9 Å². The van der Waals surface area contributed by atoms with Crippen LogP contribution in [0.3, 0.4) is 0 Å². The molecule has 0 aliphatic heterocycles. The quantitative estimate of drug-likeness (QED) is 0.467. The van der Waals surface area contributed by atoms with Gasteiger partial charge in [0.25, 0.3) is 11.8 Å². The summed E-state index contributed by atoms with van der Waals surface area (Å²) in [6.07, 6.45) is 0.620. The van der Waals surface area contributed by atoms with Crippen molar-refractivity contribution in [2.45, 2.75) is 6.42 Å². The normalized spacial score (nSPS) is 10.7. The Morgan fingerprint density at radius 2 is 1.79 bits per heavy atom. The monoisotopic (exact) mass is 390 g/mol. The number of carbonyl (C=O) groups is 2. The van der Waals surface area contributed by atoms with Gasteiger partial charge < -0.3 is 15.6 Å². The molecule has 0 aliphatic rings. The molecule has 0 radical (unpaired) electrons. The van der Waals surface area contributed by atoms with E-state index in [0.717, 1.165) is 16.9 Å². The van der Waals surface area contributed by atoms with E-state index in [-0.39, 0.29) is 11.8 Å². The molecule has 2 heterocycles. The van der Waals surface area contributed by atoms with Crippen LogP contribution in [0.25, 0.3) is 11.0 Å². The number of rotatable bonds is 6. The van der Waals surface area contributed by atoms with Crippen molar-refractivity contribution in [3.63, 3.8) is 0 Å². The van der Waals surface area contributed by atoms with Crippen molar-refractivity contribution in [3.8, 4) is 0 Å². The molecule has 0 aliphatic carbocycles. The molecule has 0 saturated carbocycles.